The average Bonchev–Trinajstić information content (AvgIpc) is 2.82. The van der Waals surface area contributed by atoms with E-state index in [2.05, 4.69) is 20.6 Å². The van der Waals surface area contributed by atoms with E-state index in [1.165, 1.54) is 12.1 Å². The van der Waals surface area contributed by atoms with E-state index < -0.39 is 11.6 Å². The quantitative estimate of drug-likeness (QED) is 0.429. The van der Waals surface area contributed by atoms with Gasteiger partial charge < -0.3 is 16.4 Å². The van der Waals surface area contributed by atoms with Crippen molar-refractivity contribution in [2.24, 2.45) is 11.7 Å². The monoisotopic (exact) mass is 457 g/mol. The molecule has 3 aromatic rings. The zero-order valence-corrected chi connectivity index (χ0v) is 18.4. The molecule has 1 fully saturated rings. The van der Waals surface area contributed by atoms with Crippen molar-refractivity contribution in [3.05, 3.63) is 71.0 Å². The molecule has 8 heteroatoms. The molecule has 0 amide bonds. The Morgan fingerprint density at radius 1 is 0.969 bits per heavy atom. The van der Waals surface area contributed by atoms with Gasteiger partial charge in [-0.05, 0) is 79.6 Å². The largest absolute Gasteiger partial charge is 0.367 e. The molecule has 0 saturated heterocycles. The summed E-state index contributed by atoms with van der Waals surface area (Å²) in [6.07, 6.45) is 7.75. The van der Waals surface area contributed by atoms with Gasteiger partial charge in [-0.1, -0.05) is 17.7 Å². The lowest BCUT2D eigenvalue weighted by Crippen LogP contribution is -2.29. The summed E-state index contributed by atoms with van der Waals surface area (Å²) in [4.78, 5) is 8.76. The first-order valence-electron chi connectivity index (χ1n) is 10.8. The van der Waals surface area contributed by atoms with Crippen molar-refractivity contribution < 1.29 is 8.78 Å². The number of nitrogens with zero attached hydrogens (tertiary/aromatic N) is 2. The molecular weight excluding hydrogens is 432 g/mol. The number of aromatic nitrogens is 2. The van der Waals surface area contributed by atoms with Gasteiger partial charge >= 0.3 is 0 Å². The van der Waals surface area contributed by atoms with E-state index in [9.17, 15) is 8.78 Å². The van der Waals surface area contributed by atoms with Crippen LogP contribution in [0.3, 0.4) is 0 Å². The number of halogens is 3. The zero-order valence-electron chi connectivity index (χ0n) is 17.6. The fraction of sp³-hybridized carbons (Fsp3) is 0.333. The Hall–Kier alpha value is -2.77. The molecule has 0 spiro atoms. The van der Waals surface area contributed by atoms with Crippen LogP contribution in [0, 0.1) is 17.6 Å². The third-order valence-electron chi connectivity index (χ3n) is 5.92. The second-order valence-electron chi connectivity index (χ2n) is 8.18. The maximum atomic E-state index is 13.4. The minimum absolute atomic E-state index is 0.315. The predicted molar refractivity (Wildman–Crippen MR) is 125 cm³/mol. The lowest BCUT2D eigenvalue weighted by molar-refractivity contribution is 0.344. The zero-order chi connectivity index (χ0) is 22.5. The van der Waals surface area contributed by atoms with Crippen molar-refractivity contribution in [3.63, 3.8) is 0 Å². The normalized spacial score (nSPS) is 18.4. The van der Waals surface area contributed by atoms with E-state index in [1.54, 1.807) is 12.4 Å². The fourth-order valence-corrected chi connectivity index (χ4v) is 4.24. The molecule has 0 unspecified atom stereocenters. The molecule has 0 bridgehead atoms. The third-order valence-corrected chi connectivity index (χ3v) is 6.22. The van der Waals surface area contributed by atoms with E-state index in [0.717, 1.165) is 55.2 Å². The van der Waals surface area contributed by atoms with Gasteiger partial charge in [0.25, 0.3) is 0 Å². The van der Waals surface area contributed by atoms with Crippen molar-refractivity contribution in [2.75, 3.05) is 17.2 Å². The summed E-state index contributed by atoms with van der Waals surface area (Å²) < 4.78 is 26.5. The lowest BCUT2D eigenvalue weighted by Gasteiger charge is -2.28. The molecule has 32 heavy (non-hydrogen) atoms. The van der Waals surface area contributed by atoms with Gasteiger partial charge in [0.1, 0.15) is 11.6 Å². The van der Waals surface area contributed by atoms with Gasteiger partial charge in [0, 0.05) is 30.5 Å². The van der Waals surface area contributed by atoms with Crippen LogP contribution in [0.15, 0.2) is 48.8 Å². The van der Waals surface area contributed by atoms with Crippen molar-refractivity contribution in [3.8, 4) is 11.1 Å². The molecule has 4 N–H and O–H groups in total. The smallest absolute Gasteiger partial charge is 0.159 e. The molecule has 1 aliphatic rings. The topological polar surface area (TPSA) is 75.9 Å². The Morgan fingerprint density at radius 3 is 2.53 bits per heavy atom. The number of hydrogen-bond acceptors (Lipinski definition) is 5. The van der Waals surface area contributed by atoms with Crippen molar-refractivity contribution in [2.45, 2.75) is 38.3 Å². The summed E-state index contributed by atoms with van der Waals surface area (Å²) in [6.45, 7) is 1.07. The first-order chi connectivity index (χ1) is 15.5. The Labute approximate surface area is 191 Å². The highest BCUT2D eigenvalue weighted by Gasteiger charge is 2.20. The Kier molecular flexibility index (Phi) is 7.17. The molecule has 2 aromatic heterocycles. The molecule has 1 aromatic carbocycles. The summed E-state index contributed by atoms with van der Waals surface area (Å²) in [6, 6.07) is 9.90. The number of hydrogen-bond donors (Lipinski definition) is 3. The highest BCUT2D eigenvalue weighted by Crippen LogP contribution is 2.32. The average molecular weight is 458 g/mol. The minimum atomic E-state index is -0.869. The van der Waals surface area contributed by atoms with E-state index in [4.69, 9.17) is 17.3 Å². The van der Waals surface area contributed by atoms with E-state index >= 15 is 0 Å². The fourth-order valence-electron chi connectivity index (χ4n) is 4.03. The second kappa shape index (κ2) is 10.2. The molecular formula is C24H26ClF2N5. The van der Waals surface area contributed by atoms with Gasteiger partial charge in [-0.25, -0.2) is 18.7 Å². The standard InChI is InChI=1S/C24H26ClF2N5/c25-20-14-31-24(32-18-4-1-15(12-28)2-5-18)11-19(20)17-7-8-29-23(10-17)30-13-16-3-6-21(26)22(27)9-16/h3,6-11,14-15,18H,1-2,4-5,12-13,28H2,(H,29,30)(H,31,32). The van der Waals surface area contributed by atoms with Crippen LogP contribution in [0.5, 0.6) is 0 Å². The van der Waals surface area contributed by atoms with Gasteiger partial charge in [0.05, 0.1) is 5.02 Å². The van der Waals surface area contributed by atoms with Crippen LogP contribution in [-0.2, 0) is 6.54 Å². The predicted octanol–water partition coefficient (Wildman–Crippen LogP) is 5.62. The van der Waals surface area contributed by atoms with Gasteiger partial charge in [-0.15, -0.1) is 0 Å². The molecule has 0 atom stereocenters. The first kappa shape index (κ1) is 22.4. The van der Waals surface area contributed by atoms with Gasteiger partial charge in [0.2, 0.25) is 0 Å². The van der Waals surface area contributed by atoms with Crippen LogP contribution in [0.25, 0.3) is 11.1 Å². The molecule has 2 heterocycles. The maximum Gasteiger partial charge on any atom is 0.159 e. The van der Waals surface area contributed by atoms with Gasteiger partial charge in [-0.3, -0.25) is 0 Å². The molecule has 1 aliphatic carbocycles. The maximum absolute atomic E-state index is 13.4. The second-order valence-corrected chi connectivity index (χ2v) is 8.59. The van der Waals surface area contributed by atoms with E-state index in [-0.39, 0.29) is 0 Å². The van der Waals surface area contributed by atoms with E-state index in [1.807, 2.05) is 18.2 Å². The SMILES string of the molecule is NCC1CCC(Nc2cc(-c3ccnc(NCc4ccc(F)c(F)c4)c3)c(Cl)cn2)CC1. The molecule has 5 nitrogen and oxygen atoms in total. The third kappa shape index (κ3) is 5.53. The van der Waals surface area contributed by atoms with Crippen LogP contribution in [0.2, 0.25) is 5.02 Å². The molecule has 168 valence electrons. The van der Waals surface area contributed by atoms with Gasteiger partial charge in [0.15, 0.2) is 11.6 Å². The van der Waals surface area contributed by atoms with Crippen LogP contribution in [-0.4, -0.2) is 22.6 Å². The lowest BCUT2D eigenvalue weighted by atomic mass is 9.86. The molecule has 0 radical (unpaired) electrons. The van der Waals surface area contributed by atoms with Crippen LogP contribution in [0.4, 0.5) is 20.4 Å². The van der Waals surface area contributed by atoms with Crippen molar-refractivity contribution in [1.82, 2.24) is 9.97 Å². The highest BCUT2D eigenvalue weighted by molar-refractivity contribution is 6.33. The summed E-state index contributed by atoms with van der Waals surface area (Å²) >= 11 is 6.45. The van der Waals surface area contributed by atoms with Crippen LogP contribution in [0.1, 0.15) is 31.2 Å². The number of nitrogens with one attached hydrogen (secondary N) is 2. The first-order valence-corrected chi connectivity index (χ1v) is 11.2. The molecule has 1 saturated carbocycles. The summed E-state index contributed by atoms with van der Waals surface area (Å²) in [5.74, 6) is 0.281. The number of anilines is 2. The van der Waals surface area contributed by atoms with Crippen LogP contribution >= 0.6 is 11.6 Å². The Balaban J connectivity index is 1.46. The number of benzene rings is 1. The number of nitrogens with two attached hydrogens (primary N) is 1. The molecule has 0 aliphatic heterocycles. The highest BCUT2D eigenvalue weighted by atomic mass is 35.5. The summed E-state index contributed by atoms with van der Waals surface area (Å²) in [5, 5.41) is 7.21. The van der Waals surface area contributed by atoms with Crippen molar-refractivity contribution >= 4 is 23.2 Å². The van der Waals surface area contributed by atoms with Crippen LogP contribution < -0.4 is 16.4 Å². The summed E-state index contributed by atoms with van der Waals surface area (Å²) in [7, 11) is 0. The number of pyridine rings is 2. The van der Waals surface area contributed by atoms with E-state index in [0.29, 0.717) is 34.9 Å². The van der Waals surface area contributed by atoms with Gasteiger partial charge in [-0.2, -0.15) is 0 Å². The minimum Gasteiger partial charge on any atom is -0.367 e. The Bertz CT molecular complexity index is 1070. The molecule has 4 rings (SSSR count). The summed E-state index contributed by atoms with van der Waals surface area (Å²) in [5.41, 5.74) is 8.14. The van der Waals surface area contributed by atoms with Crippen molar-refractivity contribution in [1.29, 1.82) is 0 Å². The number of rotatable bonds is 7. The Morgan fingerprint density at radius 2 is 1.78 bits per heavy atom.